The van der Waals surface area contributed by atoms with Crippen LogP contribution in [0.15, 0.2) is 17.0 Å². The molecule has 1 aromatic carbocycles. The smallest absolute Gasteiger partial charge is 0.243 e. The first-order chi connectivity index (χ1) is 9.75. The summed E-state index contributed by atoms with van der Waals surface area (Å²) in [5.41, 5.74) is 6.15. The lowest BCUT2D eigenvalue weighted by Crippen LogP contribution is -2.42. The normalized spacial score (nSPS) is 23.5. The average Bonchev–Trinajstić information content (AvgIpc) is 2.44. The summed E-state index contributed by atoms with van der Waals surface area (Å²) in [6.07, 6.45) is 4.03. The van der Waals surface area contributed by atoms with Crippen LogP contribution in [-0.2, 0) is 10.0 Å². The van der Waals surface area contributed by atoms with Crippen molar-refractivity contribution in [1.29, 1.82) is 0 Å². The van der Waals surface area contributed by atoms with Gasteiger partial charge >= 0.3 is 0 Å². The molecule has 1 fully saturated rings. The predicted molar refractivity (Wildman–Crippen MR) is 81.9 cm³/mol. The van der Waals surface area contributed by atoms with E-state index in [1.165, 1.54) is 17.3 Å². The van der Waals surface area contributed by atoms with E-state index in [9.17, 15) is 12.8 Å². The van der Waals surface area contributed by atoms with E-state index >= 15 is 0 Å². The third kappa shape index (κ3) is 3.06. The molecule has 4 nitrogen and oxygen atoms in total. The van der Waals surface area contributed by atoms with Crippen molar-refractivity contribution in [3.8, 4) is 0 Å². The highest BCUT2D eigenvalue weighted by Crippen LogP contribution is 2.31. The van der Waals surface area contributed by atoms with Gasteiger partial charge in [0.15, 0.2) is 0 Å². The fourth-order valence-corrected chi connectivity index (χ4v) is 4.54. The predicted octanol–water partition coefficient (Wildman–Crippen LogP) is 2.92. The minimum atomic E-state index is -3.72. The van der Waals surface area contributed by atoms with Gasteiger partial charge in [0, 0.05) is 24.3 Å². The van der Waals surface area contributed by atoms with Crippen LogP contribution in [0.4, 0.5) is 10.1 Å². The molecule has 2 N–H and O–H groups in total. The van der Waals surface area contributed by atoms with E-state index in [1.807, 2.05) is 0 Å². The molecule has 1 aromatic rings. The van der Waals surface area contributed by atoms with Gasteiger partial charge in [-0.1, -0.05) is 19.8 Å². The number of anilines is 1. The standard InChI is InChI=1S/C15H23FN2O2S/c1-10-6-4-5-7-15(10)18(3)21(19,20)12-8-13(16)11(2)14(17)9-12/h8-10,15H,4-7,17H2,1-3H3. The molecule has 1 aliphatic rings. The number of hydrogen-bond donors (Lipinski definition) is 1. The lowest BCUT2D eigenvalue weighted by atomic mass is 9.86. The van der Waals surface area contributed by atoms with Crippen LogP contribution in [0, 0.1) is 18.7 Å². The van der Waals surface area contributed by atoms with E-state index in [0.717, 1.165) is 31.7 Å². The second-order valence-corrected chi connectivity index (χ2v) is 7.97. The summed E-state index contributed by atoms with van der Waals surface area (Å²) in [4.78, 5) is -0.0663. The summed E-state index contributed by atoms with van der Waals surface area (Å²) in [6.45, 7) is 3.61. The number of sulfonamides is 1. The summed E-state index contributed by atoms with van der Waals surface area (Å²) >= 11 is 0. The van der Waals surface area contributed by atoms with Crippen molar-refractivity contribution in [3.63, 3.8) is 0 Å². The number of rotatable bonds is 3. The first-order valence-corrected chi connectivity index (χ1v) is 8.73. The van der Waals surface area contributed by atoms with Gasteiger partial charge in [-0.2, -0.15) is 4.31 Å². The zero-order valence-electron chi connectivity index (χ0n) is 12.8. The van der Waals surface area contributed by atoms with Gasteiger partial charge in [-0.05, 0) is 37.8 Å². The van der Waals surface area contributed by atoms with Gasteiger partial charge in [0.25, 0.3) is 0 Å². The lowest BCUT2D eigenvalue weighted by Gasteiger charge is -2.35. The molecule has 0 saturated heterocycles. The molecule has 0 amide bonds. The highest BCUT2D eigenvalue weighted by Gasteiger charge is 2.33. The van der Waals surface area contributed by atoms with Crippen LogP contribution >= 0.6 is 0 Å². The van der Waals surface area contributed by atoms with Crippen molar-refractivity contribution in [2.24, 2.45) is 5.92 Å². The van der Waals surface area contributed by atoms with Crippen LogP contribution in [0.3, 0.4) is 0 Å². The number of benzene rings is 1. The van der Waals surface area contributed by atoms with Crippen molar-refractivity contribution in [3.05, 3.63) is 23.5 Å². The minimum Gasteiger partial charge on any atom is -0.398 e. The minimum absolute atomic E-state index is 0.0330. The largest absolute Gasteiger partial charge is 0.398 e. The number of nitrogen functional groups attached to an aromatic ring is 1. The van der Waals surface area contributed by atoms with Crippen molar-refractivity contribution < 1.29 is 12.8 Å². The molecule has 0 bridgehead atoms. The zero-order valence-corrected chi connectivity index (χ0v) is 13.6. The topological polar surface area (TPSA) is 63.4 Å². The molecule has 0 heterocycles. The van der Waals surface area contributed by atoms with Crippen molar-refractivity contribution in [1.82, 2.24) is 4.31 Å². The van der Waals surface area contributed by atoms with E-state index in [2.05, 4.69) is 6.92 Å². The number of halogens is 1. The van der Waals surface area contributed by atoms with Gasteiger partial charge in [-0.15, -0.1) is 0 Å². The van der Waals surface area contributed by atoms with Gasteiger partial charge < -0.3 is 5.73 Å². The Morgan fingerprint density at radius 3 is 2.48 bits per heavy atom. The van der Waals surface area contributed by atoms with Crippen molar-refractivity contribution in [2.75, 3.05) is 12.8 Å². The molecule has 6 heteroatoms. The molecule has 21 heavy (non-hydrogen) atoms. The Hall–Kier alpha value is -1.14. The quantitative estimate of drug-likeness (QED) is 0.873. The highest BCUT2D eigenvalue weighted by atomic mass is 32.2. The fourth-order valence-electron chi connectivity index (χ4n) is 3.00. The number of nitrogens with zero attached hydrogens (tertiary/aromatic N) is 1. The van der Waals surface area contributed by atoms with E-state index in [1.54, 1.807) is 7.05 Å². The summed E-state index contributed by atoms with van der Waals surface area (Å²) in [5.74, 6) is -0.273. The second kappa shape index (κ2) is 5.93. The summed E-state index contributed by atoms with van der Waals surface area (Å²) in [6, 6.07) is 2.37. The van der Waals surface area contributed by atoms with Gasteiger partial charge in [0.2, 0.25) is 10.0 Å². The Kier molecular flexibility index (Phi) is 4.58. The van der Waals surface area contributed by atoms with Gasteiger partial charge in [0.05, 0.1) is 4.90 Å². The van der Waals surface area contributed by atoms with Gasteiger partial charge in [-0.3, -0.25) is 0 Å². The van der Waals surface area contributed by atoms with Gasteiger partial charge in [0.1, 0.15) is 5.82 Å². The molecule has 118 valence electrons. The van der Waals surface area contributed by atoms with E-state index < -0.39 is 15.8 Å². The summed E-state index contributed by atoms with van der Waals surface area (Å²) in [5, 5.41) is 0. The first-order valence-electron chi connectivity index (χ1n) is 7.28. The Labute approximate surface area is 126 Å². The van der Waals surface area contributed by atoms with Gasteiger partial charge in [-0.25, -0.2) is 12.8 Å². The maximum absolute atomic E-state index is 13.8. The molecule has 2 atom stereocenters. The lowest BCUT2D eigenvalue weighted by molar-refractivity contribution is 0.213. The van der Waals surface area contributed by atoms with E-state index in [0.29, 0.717) is 5.92 Å². The van der Waals surface area contributed by atoms with Crippen molar-refractivity contribution in [2.45, 2.75) is 50.5 Å². The molecule has 1 aliphatic carbocycles. The molecule has 0 radical (unpaired) electrons. The summed E-state index contributed by atoms with van der Waals surface area (Å²) < 4.78 is 40.6. The number of nitrogens with two attached hydrogens (primary N) is 1. The van der Waals surface area contributed by atoms with Crippen LogP contribution < -0.4 is 5.73 Å². The third-order valence-corrected chi connectivity index (χ3v) is 6.43. The SMILES string of the molecule is Cc1c(N)cc(S(=O)(=O)N(C)C2CCCCC2C)cc1F. The Morgan fingerprint density at radius 1 is 1.29 bits per heavy atom. The maximum atomic E-state index is 13.8. The fraction of sp³-hybridized carbons (Fsp3) is 0.600. The average molecular weight is 314 g/mol. The Morgan fingerprint density at radius 2 is 1.90 bits per heavy atom. The molecule has 2 rings (SSSR count). The van der Waals surface area contributed by atoms with Crippen LogP contribution in [0.25, 0.3) is 0 Å². The summed E-state index contributed by atoms with van der Waals surface area (Å²) in [7, 11) is -2.14. The first kappa shape index (κ1) is 16.2. The zero-order chi connectivity index (χ0) is 15.8. The number of hydrogen-bond acceptors (Lipinski definition) is 3. The molecule has 0 aliphatic heterocycles. The second-order valence-electron chi connectivity index (χ2n) is 5.97. The third-order valence-electron chi connectivity index (χ3n) is 4.57. The molecule has 0 aromatic heterocycles. The monoisotopic (exact) mass is 314 g/mol. The van der Waals surface area contributed by atoms with Crippen molar-refractivity contribution >= 4 is 15.7 Å². The molecule has 1 saturated carbocycles. The van der Waals surface area contributed by atoms with Crippen LogP contribution in [-0.4, -0.2) is 25.8 Å². The molecular weight excluding hydrogens is 291 g/mol. The van der Waals surface area contributed by atoms with E-state index in [-0.39, 0.29) is 22.2 Å². The molecule has 0 spiro atoms. The van der Waals surface area contributed by atoms with Crippen LogP contribution in [0.1, 0.15) is 38.2 Å². The van der Waals surface area contributed by atoms with Crippen LogP contribution in [0.2, 0.25) is 0 Å². The van der Waals surface area contributed by atoms with Crippen LogP contribution in [0.5, 0.6) is 0 Å². The molecular formula is C15H23FN2O2S. The maximum Gasteiger partial charge on any atom is 0.243 e. The highest BCUT2D eigenvalue weighted by molar-refractivity contribution is 7.89. The Balaban J connectivity index is 2.37. The Bertz CT molecular complexity index is 608. The molecule has 2 unspecified atom stereocenters. The van der Waals surface area contributed by atoms with E-state index in [4.69, 9.17) is 5.73 Å².